The van der Waals surface area contributed by atoms with Gasteiger partial charge in [-0.3, -0.25) is 0 Å². The van der Waals surface area contributed by atoms with Crippen LogP contribution in [-0.4, -0.2) is 25.9 Å². The smallest absolute Gasteiger partial charge is 0.0691 e. The van der Waals surface area contributed by atoms with E-state index in [1.807, 2.05) is 0 Å². The third-order valence-electron chi connectivity index (χ3n) is 3.89. The molecule has 1 unspecified atom stereocenters. The molecule has 2 rings (SSSR count). The predicted octanol–water partition coefficient (Wildman–Crippen LogP) is 2.66. The fourth-order valence-electron chi connectivity index (χ4n) is 2.72. The molecule has 2 saturated heterocycles. The van der Waals surface area contributed by atoms with E-state index in [9.17, 15) is 5.26 Å². The van der Waals surface area contributed by atoms with Gasteiger partial charge in [0.1, 0.15) is 0 Å². The van der Waals surface area contributed by atoms with Crippen LogP contribution >= 0.6 is 0 Å². The van der Waals surface area contributed by atoms with Gasteiger partial charge in [-0.05, 0) is 44.9 Å². The van der Waals surface area contributed by atoms with E-state index in [1.54, 1.807) is 0 Å². The van der Waals surface area contributed by atoms with Crippen molar-refractivity contribution in [1.29, 1.82) is 5.26 Å². The predicted molar refractivity (Wildman–Crippen MR) is 60.9 cm³/mol. The molecule has 0 aromatic heterocycles. The topological polar surface area (TPSA) is 42.2 Å². The highest BCUT2D eigenvalue weighted by molar-refractivity contribution is 5.00. The van der Waals surface area contributed by atoms with Crippen LogP contribution < -0.4 is 0 Å². The van der Waals surface area contributed by atoms with Gasteiger partial charge in [0.15, 0.2) is 0 Å². The van der Waals surface area contributed by atoms with Gasteiger partial charge in [-0.15, -0.1) is 0 Å². The van der Waals surface area contributed by atoms with Gasteiger partial charge >= 0.3 is 0 Å². The Hall–Kier alpha value is -0.590. The number of hydrogen-bond acceptors (Lipinski definition) is 3. The lowest BCUT2D eigenvalue weighted by Gasteiger charge is -2.30. The summed E-state index contributed by atoms with van der Waals surface area (Å²) in [6, 6.07) is 2.52. The molecular weight excluding hydrogens is 202 g/mol. The van der Waals surface area contributed by atoms with E-state index >= 15 is 0 Å². The van der Waals surface area contributed by atoms with Gasteiger partial charge in [-0.2, -0.15) is 5.26 Å². The van der Waals surface area contributed by atoms with Crippen molar-refractivity contribution in [3.05, 3.63) is 0 Å². The van der Waals surface area contributed by atoms with Crippen LogP contribution in [0.25, 0.3) is 0 Å². The van der Waals surface area contributed by atoms with E-state index in [0.717, 1.165) is 51.9 Å². The summed E-state index contributed by atoms with van der Waals surface area (Å²) >= 11 is 0. The molecular formula is C13H21NO2. The van der Waals surface area contributed by atoms with Gasteiger partial charge < -0.3 is 9.47 Å². The SMILES string of the molecule is N#CC1(CCCC2CCCO2)CCOCC1. The molecule has 1 atom stereocenters. The molecule has 0 N–H and O–H groups in total. The molecule has 0 aliphatic carbocycles. The summed E-state index contributed by atoms with van der Waals surface area (Å²) in [6.07, 6.45) is 7.99. The van der Waals surface area contributed by atoms with E-state index in [2.05, 4.69) is 6.07 Å². The van der Waals surface area contributed by atoms with Gasteiger partial charge in [0.2, 0.25) is 0 Å². The first-order valence-corrected chi connectivity index (χ1v) is 6.45. The molecule has 0 saturated carbocycles. The van der Waals surface area contributed by atoms with Crippen LogP contribution in [0.5, 0.6) is 0 Å². The molecule has 2 heterocycles. The van der Waals surface area contributed by atoms with E-state index in [4.69, 9.17) is 9.47 Å². The number of rotatable bonds is 4. The number of hydrogen-bond donors (Lipinski definition) is 0. The molecule has 3 heteroatoms. The Morgan fingerprint density at radius 3 is 2.69 bits per heavy atom. The van der Waals surface area contributed by atoms with Crippen LogP contribution in [0.2, 0.25) is 0 Å². The molecule has 0 radical (unpaired) electrons. The largest absolute Gasteiger partial charge is 0.381 e. The summed E-state index contributed by atoms with van der Waals surface area (Å²) < 4.78 is 10.9. The summed E-state index contributed by atoms with van der Waals surface area (Å²) in [5.74, 6) is 0. The van der Waals surface area contributed by atoms with Crippen LogP contribution in [0.4, 0.5) is 0 Å². The lowest BCUT2D eigenvalue weighted by molar-refractivity contribution is 0.0330. The average Bonchev–Trinajstić information content (AvgIpc) is 2.83. The summed E-state index contributed by atoms with van der Waals surface area (Å²) in [5.41, 5.74) is -0.100. The molecule has 2 fully saturated rings. The highest BCUT2D eigenvalue weighted by Crippen LogP contribution is 2.35. The van der Waals surface area contributed by atoms with Crippen molar-refractivity contribution in [3.8, 4) is 6.07 Å². The highest BCUT2D eigenvalue weighted by atomic mass is 16.5. The monoisotopic (exact) mass is 223 g/mol. The van der Waals surface area contributed by atoms with Crippen molar-refractivity contribution < 1.29 is 9.47 Å². The summed E-state index contributed by atoms with van der Waals surface area (Å²) in [6.45, 7) is 2.45. The maximum atomic E-state index is 9.30. The second-order valence-electron chi connectivity index (χ2n) is 5.03. The second kappa shape index (κ2) is 5.65. The zero-order valence-corrected chi connectivity index (χ0v) is 9.91. The van der Waals surface area contributed by atoms with Gasteiger partial charge in [0.05, 0.1) is 17.6 Å². The molecule has 3 nitrogen and oxygen atoms in total. The Morgan fingerprint density at radius 1 is 1.25 bits per heavy atom. The molecule has 2 aliphatic heterocycles. The minimum atomic E-state index is -0.100. The number of nitriles is 1. The van der Waals surface area contributed by atoms with Crippen molar-refractivity contribution >= 4 is 0 Å². The molecule has 0 spiro atoms. The average molecular weight is 223 g/mol. The normalized spacial score (nSPS) is 28.8. The van der Waals surface area contributed by atoms with Crippen molar-refractivity contribution in [2.75, 3.05) is 19.8 Å². The summed E-state index contributed by atoms with van der Waals surface area (Å²) in [5, 5.41) is 9.30. The van der Waals surface area contributed by atoms with Gasteiger partial charge in [-0.1, -0.05) is 0 Å². The van der Waals surface area contributed by atoms with Crippen molar-refractivity contribution in [2.45, 2.75) is 51.0 Å². The second-order valence-corrected chi connectivity index (χ2v) is 5.03. The lowest BCUT2D eigenvalue weighted by Crippen LogP contribution is -2.28. The molecule has 0 bridgehead atoms. The Morgan fingerprint density at radius 2 is 2.06 bits per heavy atom. The summed E-state index contributed by atoms with van der Waals surface area (Å²) in [4.78, 5) is 0. The van der Waals surface area contributed by atoms with Crippen molar-refractivity contribution in [1.82, 2.24) is 0 Å². The third-order valence-corrected chi connectivity index (χ3v) is 3.89. The molecule has 0 aromatic rings. The minimum Gasteiger partial charge on any atom is -0.381 e. The number of ether oxygens (including phenoxy) is 2. The van der Waals surface area contributed by atoms with E-state index in [1.165, 1.54) is 12.8 Å². The molecule has 0 aromatic carbocycles. The van der Waals surface area contributed by atoms with Crippen LogP contribution in [0, 0.1) is 16.7 Å². The molecule has 0 amide bonds. The fraction of sp³-hybridized carbons (Fsp3) is 0.923. The Balaban J connectivity index is 1.72. The first-order valence-electron chi connectivity index (χ1n) is 6.45. The first kappa shape index (κ1) is 11.9. The maximum Gasteiger partial charge on any atom is 0.0691 e. The van der Waals surface area contributed by atoms with Crippen LogP contribution in [-0.2, 0) is 9.47 Å². The standard InChI is InChI=1S/C13H21NO2/c14-11-13(6-9-15-10-7-13)5-1-3-12-4-2-8-16-12/h12H,1-10H2. The third kappa shape index (κ3) is 2.96. The van der Waals surface area contributed by atoms with Crippen LogP contribution in [0.1, 0.15) is 44.9 Å². The zero-order chi connectivity index (χ0) is 11.3. The van der Waals surface area contributed by atoms with Crippen LogP contribution in [0.3, 0.4) is 0 Å². The summed E-state index contributed by atoms with van der Waals surface area (Å²) in [7, 11) is 0. The highest BCUT2D eigenvalue weighted by Gasteiger charge is 2.32. The van der Waals surface area contributed by atoms with Crippen molar-refractivity contribution in [3.63, 3.8) is 0 Å². The minimum absolute atomic E-state index is 0.100. The van der Waals surface area contributed by atoms with Gasteiger partial charge in [0.25, 0.3) is 0 Å². The molecule has 2 aliphatic rings. The van der Waals surface area contributed by atoms with E-state index in [-0.39, 0.29) is 5.41 Å². The zero-order valence-electron chi connectivity index (χ0n) is 9.91. The molecule has 16 heavy (non-hydrogen) atoms. The molecule has 90 valence electrons. The lowest BCUT2D eigenvalue weighted by atomic mass is 9.77. The van der Waals surface area contributed by atoms with Gasteiger partial charge in [0, 0.05) is 19.8 Å². The Labute approximate surface area is 97.7 Å². The van der Waals surface area contributed by atoms with E-state index < -0.39 is 0 Å². The Kier molecular flexibility index (Phi) is 4.20. The first-order chi connectivity index (χ1) is 7.85. The maximum absolute atomic E-state index is 9.30. The number of nitrogens with zero attached hydrogens (tertiary/aromatic N) is 1. The van der Waals surface area contributed by atoms with Gasteiger partial charge in [-0.25, -0.2) is 0 Å². The fourth-order valence-corrected chi connectivity index (χ4v) is 2.72. The Bertz CT molecular complexity index is 247. The van der Waals surface area contributed by atoms with E-state index in [0.29, 0.717) is 6.10 Å². The van der Waals surface area contributed by atoms with Crippen molar-refractivity contribution in [2.24, 2.45) is 5.41 Å². The quantitative estimate of drug-likeness (QED) is 0.735. The van der Waals surface area contributed by atoms with Crippen LogP contribution in [0.15, 0.2) is 0 Å².